The maximum Gasteiger partial charge on any atom is 0.119 e. The molecule has 1 aromatic carbocycles. The van der Waals surface area contributed by atoms with Crippen LogP contribution < -0.4 is 5.32 Å². The number of aromatic hydroxyl groups is 1. The van der Waals surface area contributed by atoms with E-state index in [1.165, 1.54) is 36.0 Å². The molecule has 1 aromatic rings. The fraction of sp³-hybridized carbons (Fsp3) is 0.571. The summed E-state index contributed by atoms with van der Waals surface area (Å²) in [6, 6.07) is 4.28. The number of hydrogen-bond acceptors (Lipinski definition) is 2. The van der Waals surface area contributed by atoms with Gasteiger partial charge in [-0.2, -0.15) is 0 Å². The molecular formula is C14H19NO. The SMILES string of the molecule is Oc1cc2c(cc1C1CCNC1)CCCC2. The minimum atomic E-state index is 0.521. The van der Waals surface area contributed by atoms with Crippen LogP contribution in [0, 0.1) is 0 Å². The second-order valence-corrected chi connectivity index (χ2v) is 5.08. The fourth-order valence-corrected chi connectivity index (χ4v) is 3.04. The molecule has 1 unspecified atom stereocenters. The molecule has 3 rings (SSSR count). The zero-order valence-electron chi connectivity index (χ0n) is 9.63. The minimum Gasteiger partial charge on any atom is -0.508 e. The van der Waals surface area contributed by atoms with E-state index in [0.29, 0.717) is 11.7 Å². The van der Waals surface area contributed by atoms with Crippen LogP contribution in [0.2, 0.25) is 0 Å². The number of benzene rings is 1. The van der Waals surface area contributed by atoms with Crippen LogP contribution in [0.3, 0.4) is 0 Å². The van der Waals surface area contributed by atoms with Crippen molar-refractivity contribution >= 4 is 0 Å². The maximum absolute atomic E-state index is 10.1. The van der Waals surface area contributed by atoms with Gasteiger partial charge < -0.3 is 10.4 Å². The molecule has 0 saturated carbocycles. The van der Waals surface area contributed by atoms with Crippen LogP contribution in [0.25, 0.3) is 0 Å². The summed E-state index contributed by atoms with van der Waals surface area (Å²) in [6.45, 7) is 2.10. The monoisotopic (exact) mass is 217 g/mol. The quantitative estimate of drug-likeness (QED) is 0.757. The van der Waals surface area contributed by atoms with Gasteiger partial charge in [0.2, 0.25) is 0 Å². The van der Waals surface area contributed by atoms with Gasteiger partial charge in [0.25, 0.3) is 0 Å². The van der Waals surface area contributed by atoms with Gasteiger partial charge in [-0.25, -0.2) is 0 Å². The average Bonchev–Trinajstić information content (AvgIpc) is 2.81. The lowest BCUT2D eigenvalue weighted by Gasteiger charge is -2.20. The van der Waals surface area contributed by atoms with Crippen LogP contribution in [0.5, 0.6) is 5.75 Å². The predicted octanol–water partition coefficient (Wildman–Crippen LogP) is 2.35. The van der Waals surface area contributed by atoms with Crippen molar-refractivity contribution in [2.45, 2.75) is 38.0 Å². The van der Waals surface area contributed by atoms with E-state index in [0.717, 1.165) is 25.9 Å². The van der Waals surface area contributed by atoms with E-state index in [4.69, 9.17) is 0 Å². The van der Waals surface area contributed by atoms with Crippen molar-refractivity contribution in [3.8, 4) is 5.75 Å². The number of fused-ring (bicyclic) bond motifs is 1. The molecule has 2 aliphatic rings. The summed E-state index contributed by atoms with van der Waals surface area (Å²) < 4.78 is 0. The average molecular weight is 217 g/mol. The van der Waals surface area contributed by atoms with Crippen molar-refractivity contribution in [1.29, 1.82) is 0 Å². The summed E-state index contributed by atoms with van der Waals surface area (Å²) in [6.07, 6.45) is 6.08. The Morgan fingerprint density at radius 3 is 2.56 bits per heavy atom. The summed E-state index contributed by atoms with van der Waals surface area (Å²) in [4.78, 5) is 0. The van der Waals surface area contributed by atoms with E-state index in [-0.39, 0.29) is 0 Å². The first kappa shape index (κ1) is 10.2. The molecule has 1 aliphatic heterocycles. The Hall–Kier alpha value is -1.02. The molecule has 0 bridgehead atoms. The van der Waals surface area contributed by atoms with E-state index in [9.17, 15) is 5.11 Å². The normalized spacial score (nSPS) is 24.4. The third-order valence-electron chi connectivity index (χ3n) is 3.99. The Kier molecular flexibility index (Phi) is 2.60. The number of rotatable bonds is 1. The molecular weight excluding hydrogens is 198 g/mol. The smallest absolute Gasteiger partial charge is 0.119 e. The molecule has 1 fully saturated rings. The highest BCUT2D eigenvalue weighted by Crippen LogP contribution is 2.34. The van der Waals surface area contributed by atoms with Gasteiger partial charge in [0, 0.05) is 12.5 Å². The van der Waals surface area contributed by atoms with Crippen LogP contribution in [-0.2, 0) is 12.8 Å². The van der Waals surface area contributed by atoms with Crippen molar-refractivity contribution in [3.63, 3.8) is 0 Å². The molecule has 0 spiro atoms. The standard InChI is InChI=1S/C14H19NO/c16-14-8-11-4-2-1-3-10(11)7-13(14)12-5-6-15-9-12/h7-8,12,15-16H,1-6,9H2. The molecule has 86 valence electrons. The van der Waals surface area contributed by atoms with Crippen LogP contribution in [0.15, 0.2) is 12.1 Å². The summed E-state index contributed by atoms with van der Waals surface area (Å²) in [5.74, 6) is 1.04. The van der Waals surface area contributed by atoms with Gasteiger partial charge in [-0.3, -0.25) is 0 Å². The molecule has 0 amide bonds. The Morgan fingerprint density at radius 1 is 1.12 bits per heavy atom. The van der Waals surface area contributed by atoms with Crippen molar-refractivity contribution in [2.24, 2.45) is 0 Å². The lowest BCUT2D eigenvalue weighted by atomic mass is 9.86. The highest BCUT2D eigenvalue weighted by Gasteiger charge is 2.22. The molecule has 1 aliphatic carbocycles. The van der Waals surface area contributed by atoms with Crippen molar-refractivity contribution in [2.75, 3.05) is 13.1 Å². The molecule has 2 N–H and O–H groups in total. The van der Waals surface area contributed by atoms with Gasteiger partial charge in [0.05, 0.1) is 0 Å². The highest BCUT2D eigenvalue weighted by atomic mass is 16.3. The van der Waals surface area contributed by atoms with Crippen LogP contribution in [0.1, 0.15) is 41.9 Å². The molecule has 1 heterocycles. The van der Waals surface area contributed by atoms with E-state index in [1.54, 1.807) is 0 Å². The van der Waals surface area contributed by atoms with E-state index < -0.39 is 0 Å². The summed E-state index contributed by atoms with van der Waals surface area (Å²) in [7, 11) is 0. The van der Waals surface area contributed by atoms with Gasteiger partial charge in [0.1, 0.15) is 5.75 Å². The highest BCUT2D eigenvalue weighted by molar-refractivity contribution is 5.45. The fourth-order valence-electron chi connectivity index (χ4n) is 3.04. The van der Waals surface area contributed by atoms with Gasteiger partial charge in [-0.15, -0.1) is 0 Å². The topological polar surface area (TPSA) is 32.3 Å². The Bertz CT molecular complexity index is 394. The predicted molar refractivity (Wildman–Crippen MR) is 65.0 cm³/mol. The number of aryl methyl sites for hydroxylation is 2. The third-order valence-corrected chi connectivity index (χ3v) is 3.99. The molecule has 1 atom stereocenters. The lowest BCUT2D eigenvalue weighted by molar-refractivity contribution is 0.460. The van der Waals surface area contributed by atoms with Crippen LogP contribution >= 0.6 is 0 Å². The van der Waals surface area contributed by atoms with Crippen LogP contribution in [-0.4, -0.2) is 18.2 Å². The number of phenols is 1. The number of hydrogen-bond donors (Lipinski definition) is 2. The second kappa shape index (κ2) is 4.10. The van der Waals surface area contributed by atoms with Crippen LogP contribution in [0.4, 0.5) is 0 Å². The Morgan fingerprint density at radius 2 is 1.88 bits per heavy atom. The van der Waals surface area contributed by atoms with E-state index in [1.807, 2.05) is 6.07 Å². The maximum atomic E-state index is 10.1. The first-order valence-electron chi connectivity index (χ1n) is 6.40. The zero-order chi connectivity index (χ0) is 11.0. The van der Waals surface area contributed by atoms with Crippen molar-refractivity contribution in [1.82, 2.24) is 5.32 Å². The Balaban J connectivity index is 1.98. The lowest BCUT2D eigenvalue weighted by Crippen LogP contribution is -2.09. The molecule has 0 radical (unpaired) electrons. The number of nitrogens with one attached hydrogen (secondary N) is 1. The summed E-state index contributed by atoms with van der Waals surface area (Å²) >= 11 is 0. The van der Waals surface area contributed by atoms with Gasteiger partial charge in [0.15, 0.2) is 0 Å². The van der Waals surface area contributed by atoms with Crippen molar-refractivity contribution in [3.05, 3.63) is 28.8 Å². The molecule has 0 aromatic heterocycles. The summed E-state index contributed by atoms with van der Waals surface area (Å²) in [5, 5.41) is 13.5. The number of phenolic OH excluding ortho intramolecular Hbond substituents is 1. The Labute approximate surface area is 96.7 Å². The first-order valence-corrected chi connectivity index (χ1v) is 6.40. The second-order valence-electron chi connectivity index (χ2n) is 5.08. The molecule has 16 heavy (non-hydrogen) atoms. The largest absolute Gasteiger partial charge is 0.508 e. The van der Waals surface area contributed by atoms with Gasteiger partial charge in [-0.1, -0.05) is 6.07 Å². The zero-order valence-corrected chi connectivity index (χ0v) is 9.63. The first-order chi connectivity index (χ1) is 7.84. The van der Waals surface area contributed by atoms with E-state index >= 15 is 0 Å². The molecule has 1 saturated heterocycles. The van der Waals surface area contributed by atoms with Crippen molar-refractivity contribution < 1.29 is 5.11 Å². The molecule has 2 heteroatoms. The third kappa shape index (κ3) is 1.71. The van der Waals surface area contributed by atoms with Gasteiger partial charge in [-0.05, 0) is 61.4 Å². The molecule has 2 nitrogen and oxygen atoms in total. The van der Waals surface area contributed by atoms with E-state index in [2.05, 4.69) is 11.4 Å². The summed E-state index contributed by atoms with van der Waals surface area (Å²) in [5.41, 5.74) is 4.02. The minimum absolute atomic E-state index is 0.521. The van der Waals surface area contributed by atoms with Gasteiger partial charge >= 0.3 is 0 Å².